The van der Waals surface area contributed by atoms with Crippen molar-refractivity contribution in [2.75, 3.05) is 11.5 Å². The zero-order valence-electron chi connectivity index (χ0n) is 18.5. The van der Waals surface area contributed by atoms with Gasteiger partial charge in [0, 0.05) is 17.0 Å². The van der Waals surface area contributed by atoms with Crippen LogP contribution in [0.15, 0.2) is 66.2 Å². The second-order valence-electron chi connectivity index (χ2n) is 7.65. The molecule has 1 aliphatic heterocycles. The number of barbiturate groups is 1. The lowest BCUT2D eigenvalue weighted by molar-refractivity contribution is -0.122. The topological polar surface area (TPSA) is 95.9 Å². The summed E-state index contributed by atoms with van der Waals surface area (Å²) >= 11 is 6.52. The van der Waals surface area contributed by atoms with Gasteiger partial charge >= 0.3 is 6.03 Å². The van der Waals surface area contributed by atoms with E-state index in [-0.39, 0.29) is 34.3 Å². The minimum Gasteiger partial charge on any atom is -0.508 e. The number of amides is 4. The van der Waals surface area contributed by atoms with Gasteiger partial charge in [-0.3, -0.25) is 14.9 Å². The van der Waals surface area contributed by atoms with Gasteiger partial charge in [-0.15, -0.1) is 0 Å². The van der Waals surface area contributed by atoms with Crippen LogP contribution in [0, 0.1) is 5.82 Å². The van der Waals surface area contributed by atoms with E-state index in [9.17, 15) is 23.9 Å². The number of ether oxygens (including phenoxy) is 1. The van der Waals surface area contributed by atoms with Crippen molar-refractivity contribution in [3.05, 3.63) is 93.8 Å². The molecule has 1 fully saturated rings. The van der Waals surface area contributed by atoms with Crippen LogP contribution in [0.3, 0.4) is 0 Å². The number of phenols is 1. The van der Waals surface area contributed by atoms with Gasteiger partial charge in [0.05, 0.1) is 12.3 Å². The largest absolute Gasteiger partial charge is 0.508 e. The number of halogens is 2. The maximum atomic E-state index is 14.2. The predicted octanol–water partition coefficient (Wildman–Crippen LogP) is 4.84. The predicted molar refractivity (Wildman–Crippen MR) is 129 cm³/mol. The van der Waals surface area contributed by atoms with Crippen molar-refractivity contribution in [1.82, 2.24) is 5.32 Å². The lowest BCUT2D eigenvalue weighted by Gasteiger charge is -2.26. The highest BCUT2D eigenvalue weighted by atomic mass is 35.5. The highest BCUT2D eigenvalue weighted by Gasteiger charge is 2.36. The van der Waals surface area contributed by atoms with Gasteiger partial charge in [0.15, 0.2) is 0 Å². The molecule has 9 heteroatoms. The number of phenolic OH excluding ortho intramolecular Hbond substituents is 1. The highest BCUT2D eigenvalue weighted by molar-refractivity contribution is 6.39. The molecule has 4 amide bonds. The molecule has 0 atom stereocenters. The van der Waals surface area contributed by atoms with E-state index < -0.39 is 17.8 Å². The van der Waals surface area contributed by atoms with Crippen molar-refractivity contribution < 1.29 is 28.6 Å². The van der Waals surface area contributed by atoms with Crippen molar-refractivity contribution in [2.45, 2.75) is 13.3 Å². The highest BCUT2D eigenvalue weighted by Crippen LogP contribution is 2.33. The van der Waals surface area contributed by atoms with E-state index >= 15 is 0 Å². The van der Waals surface area contributed by atoms with Gasteiger partial charge in [-0.25, -0.2) is 14.1 Å². The third kappa shape index (κ3) is 5.02. The number of nitrogens with zero attached hydrogens (tertiary/aromatic N) is 1. The second kappa shape index (κ2) is 9.99. The van der Waals surface area contributed by atoms with E-state index in [0.29, 0.717) is 29.0 Å². The Morgan fingerprint density at radius 2 is 1.80 bits per heavy atom. The van der Waals surface area contributed by atoms with E-state index in [1.54, 1.807) is 31.2 Å². The fourth-order valence-electron chi connectivity index (χ4n) is 3.66. The number of carbonyl (C=O) groups excluding carboxylic acids is 3. The van der Waals surface area contributed by atoms with Gasteiger partial charge in [0.1, 0.15) is 22.9 Å². The van der Waals surface area contributed by atoms with E-state index in [0.717, 1.165) is 4.90 Å². The number of aromatic hydroxyl groups is 1. The number of carbonyl (C=O) groups is 3. The Labute approximate surface area is 205 Å². The molecule has 0 radical (unpaired) electrons. The van der Waals surface area contributed by atoms with Crippen molar-refractivity contribution in [2.24, 2.45) is 0 Å². The molecule has 0 aromatic heterocycles. The smallest absolute Gasteiger partial charge is 0.335 e. The monoisotopic (exact) mass is 494 g/mol. The molecule has 7 nitrogen and oxygen atoms in total. The fourth-order valence-corrected chi connectivity index (χ4v) is 3.95. The van der Waals surface area contributed by atoms with E-state index in [2.05, 4.69) is 5.32 Å². The molecule has 178 valence electrons. The molecule has 1 saturated heterocycles. The fraction of sp³-hybridized carbons (Fsp3) is 0.115. The first-order valence-electron chi connectivity index (χ1n) is 10.7. The Hall–Kier alpha value is -4.17. The van der Waals surface area contributed by atoms with Crippen LogP contribution >= 0.6 is 11.6 Å². The Morgan fingerprint density at radius 1 is 1.09 bits per heavy atom. The van der Waals surface area contributed by atoms with Gasteiger partial charge in [0.25, 0.3) is 11.8 Å². The molecule has 3 aromatic rings. The summed E-state index contributed by atoms with van der Waals surface area (Å²) in [5.41, 5.74) is 1.26. The second-order valence-corrected chi connectivity index (χ2v) is 8.06. The van der Waals surface area contributed by atoms with Crippen molar-refractivity contribution in [3.8, 4) is 11.5 Å². The summed E-state index contributed by atoms with van der Waals surface area (Å²) in [4.78, 5) is 38.7. The first-order valence-corrected chi connectivity index (χ1v) is 11.1. The van der Waals surface area contributed by atoms with Crippen molar-refractivity contribution >= 4 is 41.2 Å². The standard InChI is InChI=1S/C26H20ClFN2O5/c1-2-35-23-13-15(12-21(27)19(23)14-16-5-3-4-6-22(16)28)11-20-24(32)29-26(34)30(25(20)33)17-7-9-18(31)10-8-17/h3-13,31H,2,14H2,1H3,(H,29,32,34)/b20-11+. The van der Waals surface area contributed by atoms with Crippen LogP contribution in [0.1, 0.15) is 23.6 Å². The molecular formula is C26H20ClFN2O5. The van der Waals surface area contributed by atoms with Crippen LogP contribution < -0.4 is 15.0 Å². The first-order chi connectivity index (χ1) is 16.8. The Kier molecular flexibility index (Phi) is 6.84. The summed E-state index contributed by atoms with van der Waals surface area (Å²) < 4.78 is 19.9. The van der Waals surface area contributed by atoms with E-state index in [1.807, 2.05) is 0 Å². The zero-order chi connectivity index (χ0) is 25.1. The third-order valence-electron chi connectivity index (χ3n) is 5.32. The lowest BCUT2D eigenvalue weighted by atomic mass is 10.00. The average molecular weight is 495 g/mol. The summed E-state index contributed by atoms with van der Waals surface area (Å²) in [6.45, 7) is 2.09. The average Bonchev–Trinajstić information content (AvgIpc) is 2.81. The maximum Gasteiger partial charge on any atom is 0.335 e. The zero-order valence-corrected chi connectivity index (χ0v) is 19.3. The Morgan fingerprint density at radius 3 is 2.49 bits per heavy atom. The number of anilines is 1. The first kappa shape index (κ1) is 24.0. The molecule has 0 saturated carbocycles. The molecule has 1 aliphatic rings. The van der Waals surface area contributed by atoms with Gasteiger partial charge in [0.2, 0.25) is 0 Å². The molecule has 3 aromatic carbocycles. The number of rotatable bonds is 6. The normalized spacial score (nSPS) is 14.9. The summed E-state index contributed by atoms with van der Waals surface area (Å²) in [6, 6.07) is 13.9. The molecule has 1 heterocycles. The number of nitrogens with one attached hydrogen (secondary N) is 1. The number of urea groups is 1. The molecule has 0 bridgehead atoms. The summed E-state index contributed by atoms with van der Waals surface area (Å²) in [5, 5.41) is 11.9. The molecular weight excluding hydrogens is 475 g/mol. The minimum absolute atomic E-state index is 0.0426. The van der Waals surface area contributed by atoms with E-state index in [4.69, 9.17) is 16.3 Å². The van der Waals surface area contributed by atoms with E-state index in [1.165, 1.54) is 42.5 Å². The number of imide groups is 2. The molecule has 4 rings (SSSR count). The van der Waals surface area contributed by atoms with Crippen LogP contribution in [-0.4, -0.2) is 29.6 Å². The molecule has 35 heavy (non-hydrogen) atoms. The van der Waals surface area contributed by atoms with Gasteiger partial charge in [-0.1, -0.05) is 29.8 Å². The van der Waals surface area contributed by atoms with Gasteiger partial charge in [-0.2, -0.15) is 0 Å². The lowest BCUT2D eigenvalue weighted by Crippen LogP contribution is -2.54. The van der Waals surface area contributed by atoms with Crippen LogP contribution in [0.5, 0.6) is 11.5 Å². The number of hydrogen-bond donors (Lipinski definition) is 2. The third-order valence-corrected chi connectivity index (χ3v) is 5.66. The SMILES string of the molecule is CCOc1cc(/C=C2\C(=O)NC(=O)N(c3ccc(O)cc3)C2=O)cc(Cl)c1Cc1ccccc1F. The number of benzene rings is 3. The minimum atomic E-state index is -0.906. The molecule has 2 N–H and O–H groups in total. The van der Waals surface area contributed by atoms with Crippen LogP contribution in [0.2, 0.25) is 5.02 Å². The maximum absolute atomic E-state index is 14.2. The van der Waals surface area contributed by atoms with Crippen LogP contribution in [0.25, 0.3) is 6.08 Å². The number of hydrogen-bond acceptors (Lipinski definition) is 5. The molecule has 0 aliphatic carbocycles. The Balaban J connectivity index is 1.72. The summed E-state index contributed by atoms with van der Waals surface area (Å²) in [6.07, 6.45) is 1.49. The summed E-state index contributed by atoms with van der Waals surface area (Å²) in [7, 11) is 0. The molecule has 0 spiro atoms. The van der Waals surface area contributed by atoms with Crippen molar-refractivity contribution in [3.63, 3.8) is 0 Å². The molecule has 0 unspecified atom stereocenters. The van der Waals surface area contributed by atoms with Crippen LogP contribution in [0.4, 0.5) is 14.9 Å². The quantitative estimate of drug-likeness (QED) is 0.377. The summed E-state index contributed by atoms with van der Waals surface area (Å²) in [5.74, 6) is -1.74. The van der Waals surface area contributed by atoms with Gasteiger partial charge < -0.3 is 9.84 Å². The Bertz CT molecular complexity index is 1350. The van der Waals surface area contributed by atoms with Crippen LogP contribution in [-0.2, 0) is 16.0 Å². The van der Waals surface area contributed by atoms with Gasteiger partial charge in [-0.05, 0) is 66.6 Å². The van der Waals surface area contributed by atoms with Crippen molar-refractivity contribution in [1.29, 1.82) is 0 Å².